The number of aromatic nitrogens is 1. The lowest BCUT2D eigenvalue weighted by molar-refractivity contribution is 0.254. The third-order valence-electron chi connectivity index (χ3n) is 1.98. The van der Waals surface area contributed by atoms with Crippen molar-refractivity contribution in [3.8, 4) is 5.75 Å². The largest absolute Gasteiger partial charge is 0.493 e. The first-order chi connectivity index (χ1) is 6.74. The van der Waals surface area contributed by atoms with Crippen LogP contribution in [0.5, 0.6) is 5.75 Å². The average Bonchev–Trinajstić information content (AvgIpc) is 2.18. The van der Waals surface area contributed by atoms with Crippen LogP contribution >= 0.6 is 0 Å². The standard InChI is InChI=1S/C11H17NO2/c1-9(2)4-6-14-11-3-5-12-7-10(11)8-13/h3,5,7,9,13H,4,6,8H2,1-2H3. The van der Waals surface area contributed by atoms with Crippen molar-refractivity contribution in [2.24, 2.45) is 5.92 Å². The maximum absolute atomic E-state index is 9.01. The molecule has 3 nitrogen and oxygen atoms in total. The minimum Gasteiger partial charge on any atom is -0.493 e. The molecule has 0 fully saturated rings. The SMILES string of the molecule is CC(C)CCOc1ccncc1CO. The van der Waals surface area contributed by atoms with Crippen LogP contribution in [0.3, 0.4) is 0 Å². The first-order valence-corrected chi connectivity index (χ1v) is 4.90. The summed E-state index contributed by atoms with van der Waals surface area (Å²) in [7, 11) is 0. The molecule has 0 saturated heterocycles. The van der Waals surface area contributed by atoms with Crippen molar-refractivity contribution in [1.82, 2.24) is 4.98 Å². The summed E-state index contributed by atoms with van der Waals surface area (Å²) in [5.41, 5.74) is 0.747. The van der Waals surface area contributed by atoms with Gasteiger partial charge in [-0.25, -0.2) is 0 Å². The molecule has 1 aromatic rings. The Morgan fingerprint density at radius 3 is 2.93 bits per heavy atom. The molecule has 0 aliphatic carbocycles. The van der Waals surface area contributed by atoms with Crippen molar-refractivity contribution in [2.75, 3.05) is 6.61 Å². The Morgan fingerprint density at radius 1 is 1.50 bits per heavy atom. The van der Waals surface area contributed by atoms with E-state index in [-0.39, 0.29) is 6.61 Å². The first-order valence-electron chi connectivity index (χ1n) is 4.90. The van der Waals surface area contributed by atoms with Crippen LogP contribution in [0, 0.1) is 5.92 Å². The van der Waals surface area contributed by atoms with E-state index in [0.717, 1.165) is 17.7 Å². The highest BCUT2D eigenvalue weighted by molar-refractivity contribution is 5.29. The molecule has 1 aromatic heterocycles. The van der Waals surface area contributed by atoms with Crippen molar-refractivity contribution < 1.29 is 9.84 Å². The molecule has 0 bridgehead atoms. The lowest BCUT2D eigenvalue weighted by Gasteiger charge is -2.10. The third kappa shape index (κ3) is 3.34. The summed E-state index contributed by atoms with van der Waals surface area (Å²) in [5, 5.41) is 9.01. The molecular weight excluding hydrogens is 178 g/mol. The minimum atomic E-state index is -0.0230. The summed E-state index contributed by atoms with van der Waals surface area (Å²) in [5.74, 6) is 1.37. The van der Waals surface area contributed by atoms with Gasteiger partial charge in [-0.05, 0) is 18.4 Å². The summed E-state index contributed by atoms with van der Waals surface area (Å²) in [6, 6.07) is 1.78. The number of aliphatic hydroxyl groups is 1. The van der Waals surface area contributed by atoms with Gasteiger partial charge in [-0.3, -0.25) is 4.98 Å². The number of hydrogen-bond acceptors (Lipinski definition) is 3. The summed E-state index contributed by atoms with van der Waals surface area (Å²) in [4.78, 5) is 3.92. The van der Waals surface area contributed by atoms with Crippen LogP contribution in [0.1, 0.15) is 25.8 Å². The van der Waals surface area contributed by atoms with Gasteiger partial charge in [-0.2, -0.15) is 0 Å². The van der Waals surface area contributed by atoms with Crippen molar-refractivity contribution in [3.63, 3.8) is 0 Å². The number of nitrogens with zero attached hydrogens (tertiary/aromatic N) is 1. The van der Waals surface area contributed by atoms with Crippen LogP contribution in [0.25, 0.3) is 0 Å². The Hall–Kier alpha value is -1.09. The van der Waals surface area contributed by atoms with E-state index in [1.807, 2.05) is 0 Å². The zero-order valence-corrected chi connectivity index (χ0v) is 8.73. The Bertz CT molecular complexity index is 274. The van der Waals surface area contributed by atoms with E-state index in [4.69, 9.17) is 9.84 Å². The molecule has 0 aliphatic rings. The Balaban J connectivity index is 2.49. The fourth-order valence-electron chi connectivity index (χ4n) is 1.08. The molecule has 1 rings (SSSR count). The fourth-order valence-corrected chi connectivity index (χ4v) is 1.08. The van der Waals surface area contributed by atoms with Gasteiger partial charge in [0, 0.05) is 18.0 Å². The predicted octanol–water partition coefficient (Wildman–Crippen LogP) is 2.00. The molecule has 0 saturated carbocycles. The van der Waals surface area contributed by atoms with Gasteiger partial charge in [-0.1, -0.05) is 13.8 Å². The lowest BCUT2D eigenvalue weighted by Crippen LogP contribution is -2.03. The zero-order chi connectivity index (χ0) is 10.4. The van der Waals surface area contributed by atoms with Crippen molar-refractivity contribution in [3.05, 3.63) is 24.0 Å². The normalized spacial score (nSPS) is 10.6. The topological polar surface area (TPSA) is 42.4 Å². The van der Waals surface area contributed by atoms with Gasteiger partial charge in [-0.15, -0.1) is 0 Å². The summed E-state index contributed by atoms with van der Waals surface area (Å²) in [6.07, 6.45) is 4.32. The van der Waals surface area contributed by atoms with E-state index in [9.17, 15) is 0 Å². The molecule has 0 spiro atoms. The average molecular weight is 195 g/mol. The van der Waals surface area contributed by atoms with Gasteiger partial charge >= 0.3 is 0 Å². The van der Waals surface area contributed by atoms with E-state index in [1.54, 1.807) is 18.5 Å². The highest BCUT2D eigenvalue weighted by Gasteiger charge is 2.02. The maximum atomic E-state index is 9.01. The smallest absolute Gasteiger partial charge is 0.127 e. The molecule has 14 heavy (non-hydrogen) atoms. The van der Waals surface area contributed by atoms with E-state index >= 15 is 0 Å². The summed E-state index contributed by atoms with van der Waals surface area (Å²) >= 11 is 0. The molecule has 1 heterocycles. The monoisotopic (exact) mass is 195 g/mol. The lowest BCUT2D eigenvalue weighted by atomic mass is 10.1. The van der Waals surface area contributed by atoms with Crippen LogP contribution in [0.4, 0.5) is 0 Å². The third-order valence-corrected chi connectivity index (χ3v) is 1.98. The van der Waals surface area contributed by atoms with Gasteiger partial charge in [0.1, 0.15) is 5.75 Å². The first kappa shape index (κ1) is 11.0. The molecular formula is C11H17NO2. The highest BCUT2D eigenvalue weighted by atomic mass is 16.5. The molecule has 0 aromatic carbocycles. The molecule has 78 valence electrons. The highest BCUT2D eigenvalue weighted by Crippen LogP contribution is 2.16. The van der Waals surface area contributed by atoms with Gasteiger partial charge in [0.25, 0.3) is 0 Å². The molecule has 0 radical (unpaired) electrons. The quantitative estimate of drug-likeness (QED) is 0.781. The molecule has 0 aliphatic heterocycles. The molecule has 0 unspecified atom stereocenters. The summed E-state index contributed by atoms with van der Waals surface area (Å²) in [6.45, 7) is 4.98. The van der Waals surface area contributed by atoms with E-state index in [0.29, 0.717) is 12.5 Å². The molecule has 1 N–H and O–H groups in total. The summed E-state index contributed by atoms with van der Waals surface area (Å²) < 4.78 is 5.54. The minimum absolute atomic E-state index is 0.0230. The van der Waals surface area contributed by atoms with E-state index in [2.05, 4.69) is 18.8 Å². The van der Waals surface area contributed by atoms with Crippen LogP contribution in [0.2, 0.25) is 0 Å². The Morgan fingerprint density at radius 2 is 2.29 bits per heavy atom. The fraction of sp³-hybridized carbons (Fsp3) is 0.545. The second-order valence-electron chi connectivity index (χ2n) is 3.67. The Kier molecular flexibility index (Phi) is 4.40. The van der Waals surface area contributed by atoms with Gasteiger partial charge in [0.2, 0.25) is 0 Å². The van der Waals surface area contributed by atoms with Crippen molar-refractivity contribution in [1.29, 1.82) is 0 Å². The number of pyridine rings is 1. The van der Waals surface area contributed by atoms with Crippen LogP contribution < -0.4 is 4.74 Å². The van der Waals surface area contributed by atoms with Gasteiger partial charge in [0.15, 0.2) is 0 Å². The van der Waals surface area contributed by atoms with E-state index in [1.165, 1.54) is 0 Å². The number of aliphatic hydroxyl groups excluding tert-OH is 1. The molecule has 0 amide bonds. The molecule has 0 atom stereocenters. The van der Waals surface area contributed by atoms with E-state index < -0.39 is 0 Å². The van der Waals surface area contributed by atoms with Gasteiger partial charge in [0.05, 0.1) is 13.2 Å². The van der Waals surface area contributed by atoms with Crippen molar-refractivity contribution in [2.45, 2.75) is 26.9 Å². The van der Waals surface area contributed by atoms with Crippen molar-refractivity contribution >= 4 is 0 Å². The second-order valence-corrected chi connectivity index (χ2v) is 3.67. The molecule has 3 heteroatoms. The number of hydrogen-bond donors (Lipinski definition) is 1. The van der Waals surface area contributed by atoms with Crippen LogP contribution in [0.15, 0.2) is 18.5 Å². The second kappa shape index (κ2) is 5.60. The van der Waals surface area contributed by atoms with Gasteiger partial charge < -0.3 is 9.84 Å². The number of ether oxygens (including phenoxy) is 1. The van der Waals surface area contributed by atoms with Crippen LogP contribution in [-0.2, 0) is 6.61 Å². The van der Waals surface area contributed by atoms with Crippen LogP contribution in [-0.4, -0.2) is 16.7 Å². The zero-order valence-electron chi connectivity index (χ0n) is 8.73. The Labute approximate surface area is 84.7 Å². The number of rotatable bonds is 5. The maximum Gasteiger partial charge on any atom is 0.127 e. The predicted molar refractivity (Wildman–Crippen MR) is 55.1 cm³/mol.